The maximum atomic E-state index is 5.46. The fourth-order valence-electron chi connectivity index (χ4n) is 2.43. The number of hydrogen-bond donors (Lipinski definition) is 1. The number of likely N-dealkylation sites (N-methyl/N-ethyl adjacent to an activating group) is 1. The molecule has 0 aliphatic heterocycles. The average molecular weight is 221 g/mol. The van der Waals surface area contributed by atoms with Gasteiger partial charge in [0.05, 0.1) is 14.2 Å². The van der Waals surface area contributed by atoms with E-state index in [2.05, 4.69) is 11.4 Å². The largest absolute Gasteiger partial charge is 0.493 e. The zero-order valence-electron chi connectivity index (χ0n) is 10.2. The highest BCUT2D eigenvalue weighted by atomic mass is 16.5. The van der Waals surface area contributed by atoms with Crippen LogP contribution in [0.5, 0.6) is 11.5 Å². The second kappa shape index (κ2) is 4.74. The first-order valence-corrected chi connectivity index (χ1v) is 5.70. The van der Waals surface area contributed by atoms with Crippen molar-refractivity contribution in [3.63, 3.8) is 0 Å². The van der Waals surface area contributed by atoms with Crippen LogP contribution in [0, 0.1) is 0 Å². The van der Waals surface area contributed by atoms with Crippen molar-refractivity contribution in [3.05, 3.63) is 23.3 Å². The van der Waals surface area contributed by atoms with Gasteiger partial charge in [-0.15, -0.1) is 0 Å². The molecule has 0 saturated carbocycles. The van der Waals surface area contributed by atoms with E-state index >= 15 is 0 Å². The predicted molar refractivity (Wildman–Crippen MR) is 64.4 cm³/mol. The van der Waals surface area contributed by atoms with Gasteiger partial charge in [0, 0.05) is 11.6 Å². The summed E-state index contributed by atoms with van der Waals surface area (Å²) in [5.74, 6) is 1.75. The summed E-state index contributed by atoms with van der Waals surface area (Å²) in [7, 11) is 5.42. The van der Waals surface area contributed by atoms with Crippen LogP contribution in [0.4, 0.5) is 0 Å². The average Bonchev–Trinajstić information content (AvgIpc) is 2.36. The molecule has 88 valence electrons. The van der Waals surface area contributed by atoms with Gasteiger partial charge in [-0.3, -0.25) is 0 Å². The minimum atomic E-state index is 0.589. The molecule has 2 rings (SSSR count). The third kappa shape index (κ3) is 1.87. The van der Waals surface area contributed by atoms with Gasteiger partial charge in [0.2, 0.25) is 0 Å². The number of hydrogen-bond acceptors (Lipinski definition) is 3. The first-order valence-electron chi connectivity index (χ1n) is 5.70. The smallest absolute Gasteiger partial charge is 0.164 e. The molecule has 0 aromatic heterocycles. The monoisotopic (exact) mass is 221 g/mol. The lowest BCUT2D eigenvalue weighted by atomic mass is 9.87. The van der Waals surface area contributed by atoms with Gasteiger partial charge in [-0.25, -0.2) is 0 Å². The molecule has 1 aromatic rings. The molecule has 1 atom stereocenters. The Bertz CT molecular complexity index is 376. The number of methoxy groups -OCH3 is 2. The second-order valence-electron chi connectivity index (χ2n) is 4.17. The summed E-state index contributed by atoms with van der Waals surface area (Å²) in [5, 5.41) is 3.34. The van der Waals surface area contributed by atoms with E-state index in [9.17, 15) is 0 Å². The quantitative estimate of drug-likeness (QED) is 0.844. The summed E-state index contributed by atoms with van der Waals surface area (Å²) in [4.78, 5) is 0. The van der Waals surface area contributed by atoms with Crippen molar-refractivity contribution in [1.82, 2.24) is 5.32 Å². The van der Waals surface area contributed by atoms with Crippen LogP contribution in [0.2, 0.25) is 0 Å². The Balaban J connectivity index is 2.38. The first-order chi connectivity index (χ1) is 7.80. The normalized spacial score (nSPS) is 19.1. The van der Waals surface area contributed by atoms with Crippen LogP contribution in [-0.2, 0) is 12.8 Å². The van der Waals surface area contributed by atoms with Crippen LogP contribution in [0.1, 0.15) is 17.5 Å². The summed E-state index contributed by atoms with van der Waals surface area (Å²) in [5.41, 5.74) is 2.69. The Morgan fingerprint density at radius 1 is 1.25 bits per heavy atom. The van der Waals surface area contributed by atoms with Gasteiger partial charge in [-0.1, -0.05) is 6.07 Å². The maximum absolute atomic E-state index is 5.46. The molecular weight excluding hydrogens is 202 g/mol. The van der Waals surface area contributed by atoms with E-state index in [0.717, 1.165) is 30.8 Å². The van der Waals surface area contributed by atoms with E-state index in [-0.39, 0.29) is 0 Å². The summed E-state index contributed by atoms with van der Waals surface area (Å²) in [6.45, 7) is 0. The summed E-state index contributed by atoms with van der Waals surface area (Å²) in [6.07, 6.45) is 3.29. The molecule has 0 amide bonds. The minimum Gasteiger partial charge on any atom is -0.493 e. The van der Waals surface area contributed by atoms with E-state index in [1.165, 1.54) is 11.1 Å². The predicted octanol–water partition coefficient (Wildman–Crippen LogP) is 1.78. The molecule has 3 nitrogen and oxygen atoms in total. The van der Waals surface area contributed by atoms with Gasteiger partial charge in [0.25, 0.3) is 0 Å². The van der Waals surface area contributed by atoms with Gasteiger partial charge in [0.15, 0.2) is 11.5 Å². The number of ether oxygens (including phenoxy) is 2. The molecule has 0 unspecified atom stereocenters. The molecule has 1 aromatic carbocycles. The van der Waals surface area contributed by atoms with Gasteiger partial charge in [-0.2, -0.15) is 0 Å². The van der Waals surface area contributed by atoms with Crippen LogP contribution in [0.25, 0.3) is 0 Å². The van der Waals surface area contributed by atoms with E-state index < -0.39 is 0 Å². The Kier molecular flexibility index (Phi) is 3.34. The molecule has 0 fully saturated rings. The zero-order valence-corrected chi connectivity index (χ0v) is 10.2. The van der Waals surface area contributed by atoms with Crippen LogP contribution >= 0.6 is 0 Å². The number of rotatable bonds is 3. The molecule has 16 heavy (non-hydrogen) atoms. The molecule has 0 radical (unpaired) electrons. The van der Waals surface area contributed by atoms with Gasteiger partial charge < -0.3 is 14.8 Å². The molecule has 0 bridgehead atoms. The molecule has 1 aliphatic carbocycles. The minimum absolute atomic E-state index is 0.589. The zero-order chi connectivity index (χ0) is 11.5. The fourth-order valence-corrected chi connectivity index (χ4v) is 2.43. The van der Waals surface area contributed by atoms with Crippen LogP contribution in [-0.4, -0.2) is 27.3 Å². The fraction of sp³-hybridized carbons (Fsp3) is 0.538. The van der Waals surface area contributed by atoms with Crippen molar-refractivity contribution in [2.75, 3.05) is 21.3 Å². The van der Waals surface area contributed by atoms with Crippen molar-refractivity contribution in [2.45, 2.75) is 25.3 Å². The van der Waals surface area contributed by atoms with Gasteiger partial charge in [0.1, 0.15) is 0 Å². The number of nitrogens with one attached hydrogen (secondary N) is 1. The van der Waals surface area contributed by atoms with Crippen molar-refractivity contribution in [1.29, 1.82) is 0 Å². The van der Waals surface area contributed by atoms with Crippen molar-refractivity contribution < 1.29 is 9.47 Å². The van der Waals surface area contributed by atoms with E-state index in [0.29, 0.717) is 6.04 Å². The van der Waals surface area contributed by atoms with Gasteiger partial charge in [-0.05, 0) is 37.9 Å². The van der Waals surface area contributed by atoms with Crippen molar-refractivity contribution >= 4 is 0 Å². The lowest BCUT2D eigenvalue weighted by Gasteiger charge is -2.26. The van der Waals surface area contributed by atoms with E-state index in [1.54, 1.807) is 14.2 Å². The summed E-state index contributed by atoms with van der Waals surface area (Å²) in [6, 6.07) is 4.74. The third-order valence-corrected chi connectivity index (χ3v) is 3.36. The molecular formula is C13H19NO2. The molecule has 0 spiro atoms. The number of benzene rings is 1. The highest BCUT2D eigenvalue weighted by Crippen LogP contribution is 2.37. The SMILES string of the molecule is CN[C@@H]1CCc2c(ccc(OC)c2OC)C1. The molecule has 1 N–H and O–H groups in total. The van der Waals surface area contributed by atoms with Gasteiger partial charge >= 0.3 is 0 Å². The third-order valence-electron chi connectivity index (χ3n) is 3.36. The highest BCUT2D eigenvalue weighted by Gasteiger charge is 2.22. The molecule has 0 saturated heterocycles. The topological polar surface area (TPSA) is 30.5 Å². The van der Waals surface area contributed by atoms with Crippen LogP contribution in [0.3, 0.4) is 0 Å². The Morgan fingerprint density at radius 3 is 2.69 bits per heavy atom. The lowest BCUT2D eigenvalue weighted by Crippen LogP contribution is -2.31. The first kappa shape index (κ1) is 11.3. The van der Waals surface area contributed by atoms with Crippen molar-refractivity contribution in [3.8, 4) is 11.5 Å². The van der Waals surface area contributed by atoms with Crippen molar-refractivity contribution in [2.24, 2.45) is 0 Å². The molecule has 1 aliphatic rings. The Hall–Kier alpha value is -1.22. The van der Waals surface area contributed by atoms with Crippen LogP contribution < -0.4 is 14.8 Å². The second-order valence-corrected chi connectivity index (χ2v) is 4.17. The maximum Gasteiger partial charge on any atom is 0.164 e. The lowest BCUT2D eigenvalue weighted by molar-refractivity contribution is 0.347. The summed E-state index contributed by atoms with van der Waals surface area (Å²) >= 11 is 0. The Morgan fingerprint density at radius 2 is 2.06 bits per heavy atom. The van der Waals surface area contributed by atoms with E-state index in [4.69, 9.17) is 9.47 Å². The standard InChI is InChI=1S/C13H19NO2/c1-14-10-5-6-11-9(8-10)4-7-12(15-2)13(11)16-3/h4,7,10,14H,5-6,8H2,1-3H3/t10-/m1/s1. The number of fused-ring (bicyclic) bond motifs is 1. The van der Waals surface area contributed by atoms with E-state index in [1.807, 2.05) is 13.1 Å². The molecule has 3 heteroatoms. The molecule has 0 heterocycles. The Labute approximate surface area is 96.8 Å². The summed E-state index contributed by atoms with van der Waals surface area (Å²) < 4.78 is 10.8. The van der Waals surface area contributed by atoms with Crippen LogP contribution in [0.15, 0.2) is 12.1 Å². The highest BCUT2D eigenvalue weighted by molar-refractivity contribution is 5.52.